The summed E-state index contributed by atoms with van der Waals surface area (Å²) >= 11 is 0. The largest absolute Gasteiger partial charge is 0.355 e. The summed E-state index contributed by atoms with van der Waals surface area (Å²) in [5, 5.41) is 15.6. The van der Waals surface area contributed by atoms with Crippen LogP contribution in [0.2, 0.25) is 0 Å². The van der Waals surface area contributed by atoms with Crippen LogP contribution in [-0.4, -0.2) is 65.2 Å². The van der Waals surface area contributed by atoms with Gasteiger partial charge in [0.25, 0.3) is 0 Å². The zero-order chi connectivity index (χ0) is 37.0. The average molecular weight is 716 g/mol. The third-order valence-corrected chi connectivity index (χ3v) is 11.0. The summed E-state index contributed by atoms with van der Waals surface area (Å²) < 4.78 is 0. The summed E-state index contributed by atoms with van der Waals surface area (Å²) in [5.41, 5.74) is 0. The number of nitrogens with one attached hydrogen (secondary N) is 5. The number of hydrogen-bond acceptors (Lipinski definition) is 5. The maximum Gasteiger partial charge on any atom is 0.220 e. The van der Waals surface area contributed by atoms with E-state index < -0.39 is 0 Å². The van der Waals surface area contributed by atoms with Crippen molar-refractivity contribution in [3.63, 3.8) is 0 Å². The Labute approximate surface area is 316 Å². The minimum Gasteiger partial charge on any atom is -0.355 e. The highest BCUT2D eigenvalue weighted by molar-refractivity contribution is 5.76. The quantitative estimate of drug-likeness (QED) is 0.0330. The van der Waals surface area contributed by atoms with Gasteiger partial charge in [0.2, 0.25) is 11.8 Å². The molecule has 7 heteroatoms. The molecule has 298 valence electrons. The number of amides is 2. The molecule has 4 unspecified atom stereocenters. The molecule has 51 heavy (non-hydrogen) atoms. The molecule has 2 amide bonds. The number of likely N-dealkylation sites (N-methyl/N-ethyl adjacent to an activating group) is 2. The lowest BCUT2D eigenvalue weighted by molar-refractivity contribution is -0.122. The molecule has 0 saturated heterocycles. The second kappa shape index (κ2) is 35.3. The van der Waals surface area contributed by atoms with Crippen LogP contribution >= 0.6 is 0 Å². The SMILES string of the molecule is CCCCC/C=C/CC1C(CCCCCC)C=CC(CCCCCCCC(=O)NCCNCCNC)C1CCCCCCCC(=O)NCCNC. The lowest BCUT2D eigenvalue weighted by Gasteiger charge is -2.40. The number of unbranched alkanes of at least 4 members (excludes halogenated alkanes) is 14. The van der Waals surface area contributed by atoms with Crippen molar-refractivity contribution in [2.75, 3.05) is 53.4 Å². The van der Waals surface area contributed by atoms with E-state index in [4.69, 9.17) is 0 Å². The molecule has 0 heterocycles. The average Bonchev–Trinajstić information content (AvgIpc) is 3.13. The summed E-state index contributed by atoms with van der Waals surface area (Å²) in [5.74, 6) is 3.36. The first-order valence-corrected chi connectivity index (χ1v) is 21.9. The molecule has 0 spiro atoms. The van der Waals surface area contributed by atoms with E-state index in [0.29, 0.717) is 25.3 Å². The molecule has 0 radical (unpaired) electrons. The van der Waals surface area contributed by atoms with E-state index in [1.807, 2.05) is 14.1 Å². The molecule has 5 N–H and O–H groups in total. The highest BCUT2D eigenvalue weighted by Crippen LogP contribution is 2.44. The van der Waals surface area contributed by atoms with Crippen molar-refractivity contribution >= 4 is 11.8 Å². The minimum atomic E-state index is 0.195. The van der Waals surface area contributed by atoms with Crippen LogP contribution in [0.3, 0.4) is 0 Å². The predicted octanol–water partition coefficient (Wildman–Crippen LogP) is 9.24. The van der Waals surface area contributed by atoms with Gasteiger partial charge in [-0.1, -0.05) is 128 Å². The maximum atomic E-state index is 12.2. The van der Waals surface area contributed by atoms with Gasteiger partial charge in [0.15, 0.2) is 0 Å². The Morgan fingerprint density at radius 2 is 0.980 bits per heavy atom. The molecule has 1 aliphatic carbocycles. The van der Waals surface area contributed by atoms with Crippen molar-refractivity contribution in [1.29, 1.82) is 0 Å². The lowest BCUT2D eigenvalue weighted by Crippen LogP contribution is -2.34. The molecule has 0 aromatic carbocycles. The Morgan fingerprint density at radius 3 is 1.59 bits per heavy atom. The van der Waals surface area contributed by atoms with Gasteiger partial charge in [-0.2, -0.15) is 0 Å². The Kier molecular flexibility index (Phi) is 32.8. The first-order chi connectivity index (χ1) is 25.1. The molecule has 0 aromatic rings. The number of carbonyl (C=O) groups is 2. The molecule has 1 rings (SSSR count). The van der Waals surface area contributed by atoms with E-state index in [0.717, 1.165) is 76.2 Å². The summed E-state index contributed by atoms with van der Waals surface area (Å²) in [6.45, 7) is 9.58. The fourth-order valence-electron chi connectivity index (χ4n) is 7.82. The molecule has 0 saturated carbocycles. The van der Waals surface area contributed by atoms with Gasteiger partial charge in [0.05, 0.1) is 0 Å². The monoisotopic (exact) mass is 716 g/mol. The van der Waals surface area contributed by atoms with Crippen molar-refractivity contribution in [1.82, 2.24) is 26.6 Å². The number of allylic oxidation sites excluding steroid dienone is 4. The van der Waals surface area contributed by atoms with Crippen LogP contribution in [0.5, 0.6) is 0 Å². The fourth-order valence-corrected chi connectivity index (χ4v) is 7.82. The number of hydrogen-bond donors (Lipinski definition) is 5. The van der Waals surface area contributed by atoms with Crippen molar-refractivity contribution < 1.29 is 9.59 Å². The second-order valence-electron chi connectivity index (χ2n) is 15.4. The highest BCUT2D eigenvalue weighted by Gasteiger charge is 2.34. The third kappa shape index (κ3) is 26.7. The van der Waals surface area contributed by atoms with Crippen LogP contribution in [0.25, 0.3) is 0 Å². The van der Waals surface area contributed by atoms with Crippen LogP contribution in [0.4, 0.5) is 0 Å². The van der Waals surface area contributed by atoms with E-state index in [1.54, 1.807) is 0 Å². The topological polar surface area (TPSA) is 94.3 Å². The van der Waals surface area contributed by atoms with Gasteiger partial charge in [-0.05, 0) is 89.1 Å². The predicted molar refractivity (Wildman–Crippen MR) is 221 cm³/mol. The Morgan fingerprint density at radius 1 is 0.510 bits per heavy atom. The van der Waals surface area contributed by atoms with Crippen molar-refractivity contribution in [3.8, 4) is 0 Å². The maximum absolute atomic E-state index is 12.2. The summed E-state index contributed by atoms with van der Waals surface area (Å²) in [7, 11) is 3.87. The standard InChI is InChI=1S/C44H85N5O2/c1-5-7-9-11-15-21-27-41-39(25-19-10-8-6-2)31-32-40(42(41)28-22-16-13-18-24-29-43(50)48-37-34-46-4)26-20-14-12-17-23-30-44(51)49-38-36-47-35-33-45-3/h15,21,31-32,39-42,45-47H,5-14,16-20,22-30,33-38H2,1-4H3,(H,48,50)(H,49,51)/b21-15+. The lowest BCUT2D eigenvalue weighted by atomic mass is 9.65. The minimum absolute atomic E-state index is 0.195. The zero-order valence-electron chi connectivity index (χ0n) is 34.1. The van der Waals surface area contributed by atoms with Gasteiger partial charge in [0.1, 0.15) is 0 Å². The Bertz CT molecular complexity index is 862. The fraction of sp³-hybridized carbons (Fsp3) is 0.864. The van der Waals surface area contributed by atoms with E-state index in [9.17, 15) is 9.59 Å². The van der Waals surface area contributed by atoms with Gasteiger partial charge in [-0.25, -0.2) is 0 Å². The van der Waals surface area contributed by atoms with Crippen LogP contribution in [0, 0.1) is 23.7 Å². The highest BCUT2D eigenvalue weighted by atomic mass is 16.2. The third-order valence-electron chi connectivity index (χ3n) is 11.0. The van der Waals surface area contributed by atoms with Gasteiger partial charge < -0.3 is 26.6 Å². The van der Waals surface area contributed by atoms with E-state index in [-0.39, 0.29) is 11.8 Å². The first kappa shape index (κ1) is 47.3. The van der Waals surface area contributed by atoms with Crippen LogP contribution in [0.1, 0.15) is 168 Å². The molecule has 7 nitrogen and oxygen atoms in total. The zero-order valence-corrected chi connectivity index (χ0v) is 34.1. The van der Waals surface area contributed by atoms with Crippen LogP contribution < -0.4 is 26.6 Å². The van der Waals surface area contributed by atoms with Gasteiger partial charge in [-0.3, -0.25) is 9.59 Å². The Balaban J connectivity index is 2.65. The van der Waals surface area contributed by atoms with E-state index in [2.05, 4.69) is 64.7 Å². The van der Waals surface area contributed by atoms with E-state index in [1.165, 1.54) is 116 Å². The van der Waals surface area contributed by atoms with Crippen LogP contribution in [0.15, 0.2) is 24.3 Å². The molecule has 0 fully saturated rings. The Hall–Kier alpha value is -1.70. The number of carbonyl (C=O) groups excluding carboxylic acids is 2. The molecular formula is C44H85N5O2. The molecule has 0 aliphatic heterocycles. The summed E-state index contributed by atoms with van der Waals surface area (Å²) in [6, 6.07) is 0. The molecule has 4 atom stereocenters. The second-order valence-corrected chi connectivity index (χ2v) is 15.4. The van der Waals surface area contributed by atoms with Crippen molar-refractivity contribution in [3.05, 3.63) is 24.3 Å². The van der Waals surface area contributed by atoms with Crippen LogP contribution in [-0.2, 0) is 9.59 Å². The molecular weight excluding hydrogens is 631 g/mol. The van der Waals surface area contributed by atoms with Crippen molar-refractivity contribution in [2.45, 2.75) is 168 Å². The van der Waals surface area contributed by atoms with Crippen molar-refractivity contribution in [2.24, 2.45) is 23.7 Å². The normalized spacial score (nSPS) is 18.8. The summed E-state index contributed by atoms with van der Waals surface area (Å²) in [4.78, 5) is 24.3. The number of rotatable bonds is 36. The van der Waals surface area contributed by atoms with Gasteiger partial charge >= 0.3 is 0 Å². The molecule has 0 bridgehead atoms. The first-order valence-electron chi connectivity index (χ1n) is 21.9. The van der Waals surface area contributed by atoms with Gasteiger partial charge in [0, 0.05) is 52.1 Å². The van der Waals surface area contributed by atoms with E-state index >= 15 is 0 Å². The smallest absolute Gasteiger partial charge is 0.220 e. The molecule has 1 aliphatic rings. The molecule has 0 aromatic heterocycles. The van der Waals surface area contributed by atoms with Gasteiger partial charge in [-0.15, -0.1) is 0 Å². The summed E-state index contributed by atoms with van der Waals surface area (Å²) in [6.07, 6.45) is 39.5.